The molecule has 1 aliphatic rings. The number of carbonyl (C=O) groups excluding carboxylic acids is 2. The molecule has 1 heterocycles. The van der Waals surface area contributed by atoms with E-state index in [1.165, 1.54) is 4.31 Å². The number of amides is 2. The number of piperidine rings is 1. The largest absolute Gasteiger partial charge is 0.350 e. The van der Waals surface area contributed by atoms with Crippen LogP contribution in [0.25, 0.3) is 0 Å². The van der Waals surface area contributed by atoms with Crippen LogP contribution in [0.15, 0.2) is 23.1 Å². The van der Waals surface area contributed by atoms with Gasteiger partial charge in [0, 0.05) is 31.1 Å². The molecule has 0 radical (unpaired) electrons. The van der Waals surface area contributed by atoms with Crippen LogP contribution in [0.3, 0.4) is 0 Å². The van der Waals surface area contributed by atoms with E-state index in [2.05, 4.69) is 5.32 Å². The van der Waals surface area contributed by atoms with Crippen LogP contribution in [0.4, 0.5) is 0 Å². The molecule has 8 heteroatoms. The van der Waals surface area contributed by atoms with Crippen LogP contribution in [0, 0.1) is 19.8 Å². The van der Waals surface area contributed by atoms with Gasteiger partial charge in [0.1, 0.15) is 0 Å². The predicted octanol–water partition coefficient (Wildman–Crippen LogP) is 2.47. The Labute approximate surface area is 180 Å². The first-order valence-electron chi connectivity index (χ1n) is 10.5. The Kier molecular flexibility index (Phi) is 7.69. The van der Waals surface area contributed by atoms with Gasteiger partial charge in [0.2, 0.25) is 21.8 Å². The molecule has 30 heavy (non-hydrogen) atoms. The van der Waals surface area contributed by atoms with Gasteiger partial charge in [-0.05, 0) is 66.0 Å². The highest BCUT2D eigenvalue weighted by Crippen LogP contribution is 2.27. The number of rotatable bonds is 6. The smallest absolute Gasteiger partial charge is 0.243 e. The van der Waals surface area contributed by atoms with Crippen LogP contribution < -0.4 is 5.32 Å². The van der Waals surface area contributed by atoms with E-state index in [1.54, 1.807) is 24.0 Å². The van der Waals surface area contributed by atoms with Crippen molar-refractivity contribution in [3.63, 3.8) is 0 Å². The maximum atomic E-state index is 13.0. The number of hydrogen-bond donors (Lipinski definition) is 1. The predicted molar refractivity (Wildman–Crippen MR) is 118 cm³/mol. The summed E-state index contributed by atoms with van der Waals surface area (Å²) in [5.41, 5.74) is 1.40. The third-order valence-electron chi connectivity index (χ3n) is 5.29. The zero-order valence-corrected chi connectivity index (χ0v) is 19.8. The van der Waals surface area contributed by atoms with E-state index in [0.29, 0.717) is 37.4 Å². The summed E-state index contributed by atoms with van der Waals surface area (Å²) < 4.78 is 27.6. The third kappa shape index (κ3) is 6.04. The van der Waals surface area contributed by atoms with Crippen molar-refractivity contribution in [2.24, 2.45) is 5.92 Å². The second-order valence-electron chi connectivity index (χ2n) is 9.10. The van der Waals surface area contributed by atoms with Crippen LogP contribution in [0.5, 0.6) is 0 Å². The van der Waals surface area contributed by atoms with Gasteiger partial charge in [-0.2, -0.15) is 4.31 Å². The Hall–Kier alpha value is -1.93. The zero-order chi connectivity index (χ0) is 22.7. The van der Waals surface area contributed by atoms with Gasteiger partial charge >= 0.3 is 0 Å². The van der Waals surface area contributed by atoms with Gasteiger partial charge in [0.25, 0.3) is 0 Å². The fourth-order valence-corrected chi connectivity index (χ4v) is 5.48. The van der Waals surface area contributed by atoms with E-state index in [9.17, 15) is 18.0 Å². The zero-order valence-electron chi connectivity index (χ0n) is 19.0. The minimum absolute atomic E-state index is 0.0215. The van der Waals surface area contributed by atoms with Crippen LogP contribution in [-0.4, -0.2) is 61.2 Å². The number of aryl methyl sites for hydroxylation is 2. The van der Waals surface area contributed by atoms with E-state index in [1.807, 2.05) is 40.7 Å². The monoisotopic (exact) mass is 437 g/mol. The lowest BCUT2D eigenvalue weighted by atomic mass is 9.96. The highest BCUT2D eigenvalue weighted by Gasteiger charge is 2.34. The van der Waals surface area contributed by atoms with E-state index in [0.717, 1.165) is 11.1 Å². The lowest BCUT2D eigenvalue weighted by Gasteiger charge is -2.33. The maximum Gasteiger partial charge on any atom is 0.243 e. The molecule has 0 atom stereocenters. The summed E-state index contributed by atoms with van der Waals surface area (Å²) in [7, 11) is -3.58. The Bertz CT molecular complexity index is 882. The topological polar surface area (TPSA) is 86.8 Å². The Morgan fingerprint density at radius 2 is 1.77 bits per heavy atom. The molecule has 0 saturated carbocycles. The molecule has 1 aromatic rings. The van der Waals surface area contributed by atoms with Gasteiger partial charge in [-0.25, -0.2) is 8.42 Å². The number of nitrogens with zero attached hydrogens (tertiary/aromatic N) is 2. The first-order chi connectivity index (χ1) is 13.8. The van der Waals surface area contributed by atoms with Gasteiger partial charge in [-0.3, -0.25) is 9.59 Å². The van der Waals surface area contributed by atoms with Crippen molar-refractivity contribution in [2.45, 2.75) is 64.8 Å². The number of nitrogens with one attached hydrogen (secondary N) is 1. The summed E-state index contributed by atoms with van der Waals surface area (Å²) in [5, 5.41) is 2.88. The summed E-state index contributed by atoms with van der Waals surface area (Å²) >= 11 is 0. The molecule has 0 aromatic heterocycles. The second-order valence-corrected chi connectivity index (χ2v) is 11.0. The van der Waals surface area contributed by atoms with Crippen molar-refractivity contribution in [2.75, 3.05) is 26.2 Å². The fourth-order valence-electron chi connectivity index (χ4n) is 3.81. The molecule has 168 valence electrons. The van der Waals surface area contributed by atoms with Gasteiger partial charge < -0.3 is 10.2 Å². The molecule has 2 rings (SSSR count). The van der Waals surface area contributed by atoms with Crippen molar-refractivity contribution in [1.82, 2.24) is 14.5 Å². The van der Waals surface area contributed by atoms with Crippen LogP contribution >= 0.6 is 0 Å². The number of sulfonamides is 1. The number of hydrogen-bond acceptors (Lipinski definition) is 4. The first kappa shape index (κ1) is 24.3. The minimum atomic E-state index is -3.58. The van der Waals surface area contributed by atoms with E-state index >= 15 is 0 Å². The molecule has 1 saturated heterocycles. The highest BCUT2D eigenvalue weighted by molar-refractivity contribution is 7.89. The number of likely N-dealkylation sites (N-methyl/N-ethyl adjacent to an activating group) is 1. The summed E-state index contributed by atoms with van der Waals surface area (Å²) in [6.45, 7) is 12.3. The van der Waals surface area contributed by atoms with Crippen molar-refractivity contribution >= 4 is 21.8 Å². The molecule has 1 aromatic carbocycles. The van der Waals surface area contributed by atoms with Gasteiger partial charge in [0.15, 0.2) is 0 Å². The van der Waals surface area contributed by atoms with Gasteiger partial charge in [-0.1, -0.05) is 17.7 Å². The molecule has 1 fully saturated rings. The maximum absolute atomic E-state index is 13.0. The molecule has 2 amide bonds. The minimum Gasteiger partial charge on any atom is -0.350 e. The molecule has 1 N–H and O–H groups in total. The quantitative estimate of drug-likeness (QED) is 0.741. The summed E-state index contributed by atoms with van der Waals surface area (Å²) in [6, 6.07) is 5.33. The van der Waals surface area contributed by atoms with Gasteiger partial charge in [-0.15, -0.1) is 0 Å². The van der Waals surface area contributed by atoms with E-state index < -0.39 is 10.0 Å². The summed E-state index contributed by atoms with van der Waals surface area (Å²) in [5.74, 6) is -0.532. The first-order valence-corrected chi connectivity index (χ1v) is 12.0. The second kappa shape index (κ2) is 9.47. The summed E-state index contributed by atoms with van der Waals surface area (Å²) in [4.78, 5) is 27.0. The molecule has 0 unspecified atom stereocenters. The van der Waals surface area contributed by atoms with Crippen LogP contribution in [0.2, 0.25) is 0 Å². The van der Waals surface area contributed by atoms with E-state index in [-0.39, 0.29) is 29.8 Å². The molecule has 1 aliphatic heterocycles. The lowest BCUT2D eigenvalue weighted by Crippen LogP contribution is -2.49. The van der Waals surface area contributed by atoms with Crippen molar-refractivity contribution in [3.8, 4) is 0 Å². The Balaban J connectivity index is 2.01. The normalized spacial score (nSPS) is 16.3. The van der Waals surface area contributed by atoms with E-state index in [4.69, 9.17) is 0 Å². The number of benzene rings is 1. The Morgan fingerprint density at radius 3 is 2.27 bits per heavy atom. The average molecular weight is 438 g/mol. The Morgan fingerprint density at radius 1 is 1.17 bits per heavy atom. The fraction of sp³-hybridized carbons (Fsp3) is 0.636. The molecular weight excluding hydrogens is 402 g/mol. The van der Waals surface area contributed by atoms with Gasteiger partial charge in [0.05, 0.1) is 11.4 Å². The summed E-state index contributed by atoms with van der Waals surface area (Å²) in [6.07, 6.45) is 0.917. The van der Waals surface area contributed by atoms with Crippen LogP contribution in [-0.2, 0) is 19.6 Å². The third-order valence-corrected chi connectivity index (χ3v) is 7.35. The average Bonchev–Trinajstić information content (AvgIpc) is 2.64. The lowest BCUT2D eigenvalue weighted by molar-refractivity contribution is -0.140. The van der Waals surface area contributed by atoms with Crippen molar-refractivity contribution in [3.05, 3.63) is 29.3 Å². The number of carbonyl (C=O) groups is 2. The molecule has 0 aliphatic carbocycles. The molecule has 0 bridgehead atoms. The molecule has 7 nitrogen and oxygen atoms in total. The molecular formula is C22H35N3O4S. The molecule has 0 spiro atoms. The van der Waals surface area contributed by atoms with Crippen LogP contribution in [0.1, 0.15) is 51.7 Å². The van der Waals surface area contributed by atoms with Crippen molar-refractivity contribution in [1.29, 1.82) is 0 Å². The van der Waals surface area contributed by atoms with Crippen molar-refractivity contribution < 1.29 is 18.0 Å². The SMILES string of the molecule is CCN(CC(=O)NC(C)(C)C)C(=O)C1CCN(S(=O)(=O)c2ccc(C)cc2C)CC1. The highest BCUT2D eigenvalue weighted by atomic mass is 32.2. The standard InChI is InChI=1S/C22H35N3O4S/c1-7-24(15-20(26)23-22(4,5)6)21(27)18-10-12-25(13-11-18)30(28,29)19-9-8-16(2)14-17(19)3/h8-9,14,18H,7,10-13,15H2,1-6H3,(H,23,26).